The second kappa shape index (κ2) is 50.2. The van der Waals surface area contributed by atoms with Crippen molar-refractivity contribution in [3.63, 3.8) is 0 Å². The minimum Gasteiger partial charge on any atom is -0.462 e. The SMILES string of the molecule is CC\C=C/C=C\C=C/C=C\CCCCCCCC(=O)OC(COC(=O)CCC/C=C\C/C=C\C/C=C\C/C=C\CCCCC)COC(=O)CCCCCCC\C=C/C=C\C=C/CC. The molecule has 0 aromatic rings. The standard InChI is InChI=1S/C57H88O6/c1-4-7-10-13-16-19-22-25-27-28-30-32-35-38-41-44-47-50-56(59)62-53-54(52-61-55(58)49-46-43-40-37-34-31-24-21-18-15-12-9-6-3)63-57(60)51-48-45-42-39-36-33-29-26-23-20-17-14-11-8-5-2/h8-9,11-12,14-21,23-27,29-30,32,38,41,54H,4-7,10,13,22,28,31,33-37,39-40,42-53H2,1-3H3/b11-8-,12-9-,17-14-,18-15-,19-16-,23-20-,24-21-,27-25-,29-26-,32-30-,41-38-. The van der Waals surface area contributed by atoms with Gasteiger partial charge in [0.25, 0.3) is 0 Å². The van der Waals surface area contributed by atoms with Gasteiger partial charge in [-0.15, -0.1) is 0 Å². The molecule has 63 heavy (non-hydrogen) atoms. The van der Waals surface area contributed by atoms with Gasteiger partial charge < -0.3 is 14.2 Å². The summed E-state index contributed by atoms with van der Waals surface area (Å²) in [5.74, 6) is -1.03. The lowest BCUT2D eigenvalue weighted by molar-refractivity contribution is -0.167. The van der Waals surface area contributed by atoms with Gasteiger partial charge in [0.1, 0.15) is 13.2 Å². The van der Waals surface area contributed by atoms with E-state index in [2.05, 4.69) is 124 Å². The fraction of sp³-hybridized carbons (Fsp3) is 0.561. The molecule has 0 saturated carbocycles. The highest BCUT2D eigenvalue weighted by Crippen LogP contribution is 2.12. The largest absolute Gasteiger partial charge is 0.462 e. The number of hydrogen-bond acceptors (Lipinski definition) is 6. The number of rotatable bonds is 42. The molecule has 0 aliphatic heterocycles. The molecule has 0 rings (SSSR count). The van der Waals surface area contributed by atoms with Gasteiger partial charge in [-0.2, -0.15) is 0 Å². The van der Waals surface area contributed by atoms with Crippen molar-refractivity contribution in [1.82, 2.24) is 0 Å². The second-order valence-electron chi connectivity index (χ2n) is 15.8. The van der Waals surface area contributed by atoms with Crippen LogP contribution in [0.25, 0.3) is 0 Å². The predicted octanol–water partition coefficient (Wildman–Crippen LogP) is 16.3. The highest BCUT2D eigenvalue weighted by Gasteiger charge is 2.19. The summed E-state index contributed by atoms with van der Waals surface area (Å²) in [5.41, 5.74) is 0. The van der Waals surface area contributed by atoms with Crippen LogP contribution in [0.5, 0.6) is 0 Å². The van der Waals surface area contributed by atoms with Crippen LogP contribution in [0.3, 0.4) is 0 Å². The molecule has 0 saturated heterocycles. The summed E-state index contributed by atoms with van der Waals surface area (Å²) in [5, 5.41) is 0. The van der Waals surface area contributed by atoms with Gasteiger partial charge in [0.15, 0.2) is 6.10 Å². The lowest BCUT2D eigenvalue weighted by atomic mass is 10.1. The van der Waals surface area contributed by atoms with Gasteiger partial charge in [0, 0.05) is 19.3 Å². The molecular formula is C57H88O6. The van der Waals surface area contributed by atoms with Crippen molar-refractivity contribution in [3.05, 3.63) is 134 Å². The van der Waals surface area contributed by atoms with Gasteiger partial charge in [0.05, 0.1) is 0 Å². The van der Waals surface area contributed by atoms with E-state index in [1.165, 1.54) is 25.7 Å². The van der Waals surface area contributed by atoms with Gasteiger partial charge >= 0.3 is 17.9 Å². The monoisotopic (exact) mass is 869 g/mol. The smallest absolute Gasteiger partial charge is 0.306 e. The first-order valence-electron chi connectivity index (χ1n) is 24.8. The zero-order valence-electron chi connectivity index (χ0n) is 40.0. The fourth-order valence-corrected chi connectivity index (χ4v) is 6.09. The Morgan fingerprint density at radius 1 is 0.349 bits per heavy atom. The van der Waals surface area contributed by atoms with Crippen LogP contribution in [0.1, 0.15) is 188 Å². The van der Waals surface area contributed by atoms with Crippen LogP contribution in [0.15, 0.2) is 134 Å². The van der Waals surface area contributed by atoms with E-state index in [9.17, 15) is 14.4 Å². The maximum Gasteiger partial charge on any atom is 0.306 e. The molecule has 0 aromatic carbocycles. The summed E-state index contributed by atoms with van der Waals surface area (Å²) in [7, 11) is 0. The molecule has 0 amide bonds. The number of carbonyl (C=O) groups is 3. The van der Waals surface area contributed by atoms with Crippen molar-refractivity contribution >= 4 is 17.9 Å². The summed E-state index contributed by atoms with van der Waals surface area (Å²) in [6.07, 6.45) is 70.0. The Morgan fingerprint density at radius 3 is 1.17 bits per heavy atom. The normalized spacial score (nSPS) is 13.3. The molecule has 0 heterocycles. The maximum atomic E-state index is 12.8. The second-order valence-corrected chi connectivity index (χ2v) is 15.8. The molecule has 1 atom stereocenters. The van der Waals surface area contributed by atoms with Crippen molar-refractivity contribution < 1.29 is 28.6 Å². The Morgan fingerprint density at radius 2 is 0.698 bits per heavy atom. The number of carbonyl (C=O) groups excluding carboxylic acids is 3. The summed E-state index contributed by atoms with van der Waals surface area (Å²) in [6, 6.07) is 0. The first-order valence-corrected chi connectivity index (χ1v) is 24.8. The minimum atomic E-state index is -0.825. The van der Waals surface area contributed by atoms with E-state index in [0.29, 0.717) is 12.8 Å². The third-order valence-corrected chi connectivity index (χ3v) is 9.78. The summed E-state index contributed by atoms with van der Waals surface area (Å²) in [4.78, 5) is 37.9. The van der Waals surface area contributed by atoms with Crippen LogP contribution >= 0.6 is 0 Å². The van der Waals surface area contributed by atoms with E-state index in [1.807, 2.05) is 30.4 Å². The van der Waals surface area contributed by atoms with Crippen molar-refractivity contribution in [2.75, 3.05) is 13.2 Å². The van der Waals surface area contributed by atoms with Crippen molar-refractivity contribution in [2.45, 2.75) is 194 Å². The molecule has 6 heteroatoms. The van der Waals surface area contributed by atoms with Crippen LogP contribution in [-0.4, -0.2) is 37.2 Å². The fourth-order valence-electron chi connectivity index (χ4n) is 6.09. The van der Waals surface area contributed by atoms with Gasteiger partial charge in [-0.1, -0.05) is 206 Å². The Kier molecular flexibility index (Phi) is 46.7. The number of ether oxygens (including phenoxy) is 3. The number of hydrogen-bond donors (Lipinski definition) is 0. The molecular weight excluding hydrogens is 781 g/mol. The quantitative estimate of drug-likeness (QED) is 0.0200. The van der Waals surface area contributed by atoms with Crippen molar-refractivity contribution in [1.29, 1.82) is 0 Å². The third-order valence-electron chi connectivity index (χ3n) is 9.78. The van der Waals surface area contributed by atoms with E-state index in [-0.39, 0.29) is 44.0 Å². The first-order chi connectivity index (χ1) is 31.0. The summed E-state index contributed by atoms with van der Waals surface area (Å²) in [6.45, 7) is 6.22. The van der Waals surface area contributed by atoms with Crippen LogP contribution in [0, 0.1) is 0 Å². The summed E-state index contributed by atoms with van der Waals surface area (Å²) >= 11 is 0. The van der Waals surface area contributed by atoms with Gasteiger partial charge in [0.2, 0.25) is 0 Å². The lowest BCUT2D eigenvalue weighted by Crippen LogP contribution is -2.30. The topological polar surface area (TPSA) is 78.9 Å². The summed E-state index contributed by atoms with van der Waals surface area (Å²) < 4.78 is 16.7. The van der Waals surface area contributed by atoms with Gasteiger partial charge in [-0.05, 0) is 96.3 Å². The van der Waals surface area contributed by atoms with E-state index < -0.39 is 6.10 Å². The Bertz CT molecular complexity index is 1420. The van der Waals surface area contributed by atoms with E-state index in [4.69, 9.17) is 14.2 Å². The third kappa shape index (κ3) is 48.4. The molecule has 0 bridgehead atoms. The molecule has 0 aliphatic carbocycles. The molecule has 0 aliphatic rings. The molecule has 0 spiro atoms. The zero-order chi connectivity index (χ0) is 45.8. The molecule has 352 valence electrons. The average molecular weight is 869 g/mol. The Labute approximate surface area is 385 Å². The van der Waals surface area contributed by atoms with Crippen molar-refractivity contribution in [3.8, 4) is 0 Å². The maximum absolute atomic E-state index is 12.8. The van der Waals surface area contributed by atoms with E-state index in [0.717, 1.165) is 116 Å². The van der Waals surface area contributed by atoms with Crippen LogP contribution in [0.4, 0.5) is 0 Å². The highest BCUT2D eigenvalue weighted by molar-refractivity contribution is 5.71. The molecule has 1 unspecified atom stereocenters. The Hall–Kier alpha value is -4.45. The highest BCUT2D eigenvalue weighted by atomic mass is 16.6. The van der Waals surface area contributed by atoms with E-state index in [1.54, 1.807) is 0 Å². The number of esters is 3. The number of unbranched alkanes of at least 4 members (excludes halogenated alkanes) is 14. The molecule has 0 fully saturated rings. The van der Waals surface area contributed by atoms with Crippen LogP contribution in [-0.2, 0) is 28.6 Å². The van der Waals surface area contributed by atoms with Crippen molar-refractivity contribution in [2.24, 2.45) is 0 Å². The molecule has 0 N–H and O–H groups in total. The minimum absolute atomic E-state index is 0.121. The molecule has 6 nitrogen and oxygen atoms in total. The molecule has 0 radical (unpaired) electrons. The predicted molar refractivity (Wildman–Crippen MR) is 269 cm³/mol. The van der Waals surface area contributed by atoms with Crippen LogP contribution < -0.4 is 0 Å². The number of allylic oxidation sites excluding steroid dienone is 22. The van der Waals surface area contributed by atoms with Crippen LogP contribution in [0.2, 0.25) is 0 Å². The van der Waals surface area contributed by atoms with Gasteiger partial charge in [-0.25, -0.2) is 0 Å². The molecule has 0 aromatic heterocycles. The van der Waals surface area contributed by atoms with E-state index >= 15 is 0 Å². The Balaban J connectivity index is 4.58. The zero-order valence-corrected chi connectivity index (χ0v) is 40.0. The van der Waals surface area contributed by atoms with Gasteiger partial charge in [-0.3, -0.25) is 14.4 Å². The average Bonchev–Trinajstić information content (AvgIpc) is 3.28. The lowest BCUT2D eigenvalue weighted by Gasteiger charge is -2.18. The first kappa shape index (κ1) is 58.6.